The topological polar surface area (TPSA) is 84.7 Å². The molecule has 8 heteroatoms. The lowest BCUT2D eigenvalue weighted by atomic mass is 10.3. The molecular weight excluding hydrogens is 317 g/mol. The van der Waals surface area contributed by atoms with Crippen LogP contribution >= 0.6 is 23.2 Å². The summed E-state index contributed by atoms with van der Waals surface area (Å²) in [6.07, 6.45) is 0. The minimum Gasteiger partial charge on any atom is -0.383 e. The Labute approximate surface area is 133 Å². The molecule has 1 unspecified atom stereocenters. The number of carbonyl (C=O) groups excluding carboxylic acids is 2. The van der Waals surface area contributed by atoms with Crippen LogP contribution in [0, 0.1) is 0 Å². The second-order valence-corrected chi connectivity index (χ2v) is 5.25. The number of ether oxygens (including phenoxy) is 1. The molecule has 0 aliphatic heterocycles. The number of benzene rings is 1. The quantitative estimate of drug-likeness (QED) is 0.823. The SMILES string of the molecule is COCC(N)C(=O)N(C)CC(=O)Nc1ccc(Cl)c(Cl)c1. The summed E-state index contributed by atoms with van der Waals surface area (Å²) in [5.41, 5.74) is 6.11. The zero-order valence-corrected chi connectivity index (χ0v) is 13.2. The number of amides is 2. The maximum absolute atomic E-state index is 11.9. The van der Waals surface area contributed by atoms with Crippen LogP contribution in [0.1, 0.15) is 0 Å². The van der Waals surface area contributed by atoms with Crippen LogP contribution in [0.25, 0.3) is 0 Å². The molecule has 1 atom stereocenters. The second kappa shape index (κ2) is 8.19. The van der Waals surface area contributed by atoms with Gasteiger partial charge >= 0.3 is 0 Å². The van der Waals surface area contributed by atoms with E-state index < -0.39 is 6.04 Å². The Hall–Kier alpha value is -1.34. The Morgan fingerprint density at radius 1 is 1.38 bits per heavy atom. The van der Waals surface area contributed by atoms with E-state index in [1.165, 1.54) is 25.1 Å². The lowest BCUT2D eigenvalue weighted by molar-refractivity contribution is -0.135. The maximum Gasteiger partial charge on any atom is 0.243 e. The first kappa shape index (κ1) is 17.7. The third-order valence-electron chi connectivity index (χ3n) is 2.62. The summed E-state index contributed by atoms with van der Waals surface area (Å²) in [6, 6.07) is 3.92. The number of rotatable bonds is 6. The highest BCUT2D eigenvalue weighted by Crippen LogP contribution is 2.24. The Balaban J connectivity index is 2.56. The van der Waals surface area contributed by atoms with Crippen LogP contribution < -0.4 is 11.1 Å². The van der Waals surface area contributed by atoms with Crippen molar-refractivity contribution >= 4 is 40.7 Å². The number of methoxy groups -OCH3 is 1. The Morgan fingerprint density at radius 2 is 2.05 bits per heavy atom. The summed E-state index contributed by atoms with van der Waals surface area (Å²) in [5, 5.41) is 3.35. The molecule has 0 radical (unpaired) electrons. The Bertz CT molecular complexity index is 525. The van der Waals surface area contributed by atoms with Crippen LogP contribution in [0.2, 0.25) is 10.0 Å². The summed E-state index contributed by atoms with van der Waals surface area (Å²) in [6.45, 7) is -0.0337. The number of hydrogen-bond acceptors (Lipinski definition) is 4. The van der Waals surface area contributed by atoms with Crippen LogP contribution in [0.4, 0.5) is 5.69 Å². The van der Waals surface area contributed by atoms with Gasteiger partial charge in [0.1, 0.15) is 6.04 Å². The van der Waals surface area contributed by atoms with Crippen molar-refractivity contribution in [3.8, 4) is 0 Å². The largest absolute Gasteiger partial charge is 0.383 e. The molecular formula is C13H17Cl2N3O3. The first-order valence-corrected chi connectivity index (χ1v) is 6.85. The smallest absolute Gasteiger partial charge is 0.243 e. The van der Waals surface area contributed by atoms with Gasteiger partial charge in [-0.15, -0.1) is 0 Å². The molecule has 2 amide bonds. The molecule has 1 aromatic carbocycles. The number of nitrogens with zero attached hydrogens (tertiary/aromatic N) is 1. The van der Waals surface area contributed by atoms with Crippen LogP contribution in [-0.4, -0.2) is 50.1 Å². The predicted molar refractivity (Wildman–Crippen MR) is 82.6 cm³/mol. The third kappa shape index (κ3) is 5.51. The molecule has 0 heterocycles. The lowest BCUT2D eigenvalue weighted by Crippen LogP contribution is -2.46. The Kier molecular flexibility index (Phi) is 6.91. The average Bonchev–Trinajstić information content (AvgIpc) is 2.42. The fourth-order valence-corrected chi connectivity index (χ4v) is 1.90. The van der Waals surface area contributed by atoms with E-state index in [4.69, 9.17) is 33.7 Å². The van der Waals surface area contributed by atoms with Gasteiger partial charge in [-0.05, 0) is 18.2 Å². The average molecular weight is 334 g/mol. The lowest BCUT2D eigenvalue weighted by Gasteiger charge is -2.20. The number of anilines is 1. The number of hydrogen-bond donors (Lipinski definition) is 2. The number of nitrogens with two attached hydrogens (primary N) is 1. The van der Waals surface area contributed by atoms with Crippen LogP contribution in [0.15, 0.2) is 18.2 Å². The van der Waals surface area contributed by atoms with Crippen molar-refractivity contribution in [1.82, 2.24) is 4.90 Å². The fraction of sp³-hybridized carbons (Fsp3) is 0.385. The van der Waals surface area contributed by atoms with E-state index in [1.54, 1.807) is 12.1 Å². The zero-order chi connectivity index (χ0) is 16.0. The normalized spacial score (nSPS) is 11.9. The van der Waals surface area contributed by atoms with Crippen molar-refractivity contribution < 1.29 is 14.3 Å². The molecule has 0 saturated heterocycles. The fourth-order valence-electron chi connectivity index (χ4n) is 1.60. The molecule has 1 aromatic rings. The monoisotopic (exact) mass is 333 g/mol. The van der Waals surface area contributed by atoms with Gasteiger partial charge in [-0.2, -0.15) is 0 Å². The number of nitrogens with one attached hydrogen (secondary N) is 1. The van der Waals surface area contributed by atoms with Gasteiger partial charge in [0.25, 0.3) is 0 Å². The summed E-state index contributed by atoms with van der Waals surface area (Å²) in [5.74, 6) is -0.741. The van der Waals surface area contributed by atoms with Gasteiger partial charge in [-0.3, -0.25) is 9.59 Å². The highest BCUT2D eigenvalue weighted by atomic mass is 35.5. The molecule has 1 rings (SSSR count). The van der Waals surface area contributed by atoms with Gasteiger partial charge in [0.15, 0.2) is 0 Å². The first-order chi connectivity index (χ1) is 9.85. The minimum absolute atomic E-state index is 0.0948. The van der Waals surface area contributed by atoms with Gasteiger partial charge in [0, 0.05) is 19.8 Å². The highest BCUT2D eigenvalue weighted by molar-refractivity contribution is 6.42. The molecule has 0 spiro atoms. The number of halogens is 2. The van der Waals surface area contributed by atoms with Crippen molar-refractivity contribution in [3.05, 3.63) is 28.2 Å². The van der Waals surface area contributed by atoms with Gasteiger partial charge in [-0.25, -0.2) is 0 Å². The van der Waals surface area contributed by atoms with E-state index in [9.17, 15) is 9.59 Å². The molecule has 6 nitrogen and oxygen atoms in total. The van der Waals surface area contributed by atoms with Crippen molar-refractivity contribution in [3.63, 3.8) is 0 Å². The zero-order valence-electron chi connectivity index (χ0n) is 11.7. The summed E-state index contributed by atoms with van der Waals surface area (Å²) < 4.78 is 4.80. The van der Waals surface area contributed by atoms with E-state index in [1.807, 2.05) is 0 Å². The highest BCUT2D eigenvalue weighted by Gasteiger charge is 2.19. The maximum atomic E-state index is 11.9. The summed E-state index contributed by atoms with van der Waals surface area (Å²) in [7, 11) is 2.94. The van der Waals surface area contributed by atoms with E-state index in [-0.39, 0.29) is 25.0 Å². The van der Waals surface area contributed by atoms with Crippen molar-refractivity contribution in [2.24, 2.45) is 5.73 Å². The first-order valence-electron chi connectivity index (χ1n) is 6.09. The molecule has 0 aliphatic carbocycles. The van der Waals surface area contributed by atoms with Gasteiger partial charge in [0.05, 0.1) is 23.2 Å². The molecule has 0 saturated carbocycles. The van der Waals surface area contributed by atoms with E-state index >= 15 is 0 Å². The molecule has 21 heavy (non-hydrogen) atoms. The molecule has 3 N–H and O–H groups in total. The van der Waals surface area contributed by atoms with Crippen molar-refractivity contribution in [2.45, 2.75) is 6.04 Å². The van der Waals surface area contributed by atoms with Gasteiger partial charge in [0.2, 0.25) is 11.8 Å². The van der Waals surface area contributed by atoms with Gasteiger partial charge < -0.3 is 20.7 Å². The van der Waals surface area contributed by atoms with Gasteiger partial charge in [-0.1, -0.05) is 23.2 Å². The summed E-state index contributed by atoms with van der Waals surface area (Å²) in [4.78, 5) is 24.9. The van der Waals surface area contributed by atoms with E-state index in [0.717, 1.165) is 0 Å². The number of carbonyl (C=O) groups is 2. The van der Waals surface area contributed by atoms with Crippen LogP contribution in [0.3, 0.4) is 0 Å². The van der Waals surface area contributed by atoms with Crippen LogP contribution in [-0.2, 0) is 14.3 Å². The van der Waals surface area contributed by atoms with E-state index in [0.29, 0.717) is 15.7 Å². The van der Waals surface area contributed by atoms with E-state index in [2.05, 4.69) is 5.32 Å². The molecule has 0 aromatic heterocycles. The molecule has 0 fully saturated rings. The standard InChI is InChI=1S/C13H17Cl2N3O3/c1-18(13(20)11(16)7-21-2)6-12(19)17-8-3-4-9(14)10(15)5-8/h3-5,11H,6-7,16H2,1-2H3,(H,17,19). The second-order valence-electron chi connectivity index (χ2n) is 4.43. The Morgan fingerprint density at radius 3 is 2.62 bits per heavy atom. The van der Waals surface area contributed by atoms with Crippen LogP contribution in [0.5, 0.6) is 0 Å². The molecule has 116 valence electrons. The minimum atomic E-state index is -0.794. The molecule has 0 bridgehead atoms. The number of likely N-dealkylation sites (N-methyl/N-ethyl adjacent to an activating group) is 1. The predicted octanol–water partition coefficient (Wildman–Crippen LogP) is 1.36. The summed E-state index contributed by atoms with van der Waals surface area (Å²) >= 11 is 11.6. The van der Waals surface area contributed by atoms with Crippen molar-refractivity contribution in [2.75, 3.05) is 32.6 Å². The third-order valence-corrected chi connectivity index (χ3v) is 3.36. The van der Waals surface area contributed by atoms with Crippen molar-refractivity contribution in [1.29, 1.82) is 0 Å². The molecule has 0 aliphatic rings.